The van der Waals surface area contributed by atoms with E-state index in [1.165, 1.54) is 0 Å². The van der Waals surface area contributed by atoms with Gasteiger partial charge in [-0.15, -0.1) is 0 Å². The lowest BCUT2D eigenvalue weighted by molar-refractivity contribution is 0.111. The lowest BCUT2D eigenvalue weighted by Crippen LogP contribution is -2.46. The second-order valence-electron chi connectivity index (χ2n) is 6.18. The number of carbonyl (C=O) groups is 1. The summed E-state index contributed by atoms with van der Waals surface area (Å²) in [4.78, 5) is 13.9. The van der Waals surface area contributed by atoms with E-state index in [-0.39, 0.29) is 12.1 Å². The van der Waals surface area contributed by atoms with Gasteiger partial charge < -0.3 is 15.0 Å². The summed E-state index contributed by atoms with van der Waals surface area (Å²) in [6.45, 7) is 6.53. The van der Waals surface area contributed by atoms with Gasteiger partial charge in [0.05, 0.1) is 0 Å². The number of nitrogens with one attached hydrogen (secondary N) is 1. The van der Waals surface area contributed by atoms with Gasteiger partial charge >= 0.3 is 6.03 Å². The van der Waals surface area contributed by atoms with Crippen molar-refractivity contribution in [2.45, 2.75) is 39.2 Å². The number of ether oxygens (including phenoxy) is 1. The number of halogens is 1. The number of likely N-dealkylation sites (tertiary alicyclic amines) is 1. The molecule has 1 aliphatic rings. The van der Waals surface area contributed by atoms with Gasteiger partial charge in [-0.3, -0.25) is 0 Å². The highest BCUT2D eigenvalue weighted by Crippen LogP contribution is 2.22. The van der Waals surface area contributed by atoms with Gasteiger partial charge in [0.2, 0.25) is 0 Å². The van der Waals surface area contributed by atoms with Gasteiger partial charge in [-0.2, -0.15) is 0 Å². The van der Waals surface area contributed by atoms with Crippen LogP contribution in [0, 0.1) is 5.92 Å². The Labute approximate surface area is 137 Å². The van der Waals surface area contributed by atoms with Gasteiger partial charge in [-0.05, 0) is 30.5 Å². The Bertz CT molecular complexity index is 485. The minimum absolute atomic E-state index is 0.0434. The van der Waals surface area contributed by atoms with Crippen LogP contribution in [0.1, 0.15) is 33.1 Å². The van der Waals surface area contributed by atoms with Crippen molar-refractivity contribution in [2.75, 3.05) is 19.6 Å². The molecule has 1 aromatic rings. The standard InChI is InChI=1S/C17H25ClN2O2/c1-13(2)6-9-19-17(21)20-10-7-15(8-11-20)22-16-5-3-4-14(18)12-16/h3-5,12-13,15H,6-11H2,1-2H3,(H,19,21). The van der Waals surface area contributed by atoms with Crippen LogP contribution in [-0.4, -0.2) is 36.7 Å². The molecule has 0 aliphatic carbocycles. The van der Waals surface area contributed by atoms with Crippen LogP contribution in [0.15, 0.2) is 24.3 Å². The van der Waals surface area contributed by atoms with E-state index in [9.17, 15) is 4.79 Å². The minimum atomic E-state index is 0.0434. The number of piperidine rings is 1. The highest BCUT2D eigenvalue weighted by atomic mass is 35.5. The van der Waals surface area contributed by atoms with Gasteiger partial charge in [0, 0.05) is 37.5 Å². The maximum absolute atomic E-state index is 12.0. The molecule has 1 fully saturated rings. The predicted molar refractivity (Wildman–Crippen MR) is 89.5 cm³/mol. The Morgan fingerprint density at radius 2 is 2.14 bits per heavy atom. The molecule has 1 heterocycles. The molecule has 1 N–H and O–H groups in total. The summed E-state index contributed by atoms with van der Waals surface area (Å²) >= 11 is 5.96. The highest BCUT2D eigenvalue weighted by molar-refractivity contribution is 6.30. The number of urea groups is 1. The first-order valence-corrected chi connectivity index (χ1v) is 8.37. The molecule has 1 aromatic carbocycles. The third-order valence-corrected chi connectivity index (χ3v) is 4.06. The third kappa shape index (κ3) is 5.41. The number of hydrogen-bond donors (Lipinski definition) is 1. The van der Waals surface area contributed by atoms with Gasteiger partial charge in [0.25, 0.3) is 0 Å². The van der Waals surface area contributed by atoms with E-state index in [0.29, 0.717) is 10.9 Å². The number of rotatable bonds is 5. The van der Waals surface area contributed by atoms with Crippen LogP contribution < -0.4 is 10.1 Å². The SMILES string of the molecule is CC(C)CCNC(=O)N1CCC(Oc2cccc(Cl)c2)CC1. The maximum Gasteiger partial charge on any atom is 0.317 e. The van der Waals surface area contributed by atoms with E-state index >= 15 is 0 Å². The van der Waals surface area contributed by atoms with Crippen molar-refractivity contribution in [2.24, 2.45) is 5.92 Å². The zero-order valence-corrected chi connectivity index (χ0v) is 14.1. The van der Waals surface area contributed by atoms with E-state index in [4.69, 9.17) is 16.3 Å². The molecule has 122 valence electrons. The molecule has 0 saturated carbocycles. The van der Waals surface area contributed by atoms with Gasteiger partial charge in [-0.1, -0.05) is 31.5 Å². The number of carbonyl (C=O) groups excluding carboxylic acids is 1. The topological polar surface area (TPSA) is 41.6 Å². The molecule has 0 atom stereocenters. The van der Waals surface area contributed by atoms with E-state index in [2.05, 4.69) is 19.2 Å². The van der Waals surface area contributed by atoms with Crippen molar-refractivity contribution in [1.82, 2.24) is 10.2 Å². The zero-order valence-electron chi connectivity index (χ0n) is 13.3. The van der Waals surface area contributed by atoms with Crippen LogP contribution in [0.2, 0.25) is 5.02 Å². The summed E-state index contributed by atoms with van der Waals surface area (Å²) in [7, 11) is 0. The van der Waals surface area contributed by atoms with Crippen LogP contribution in [0.5, 0.6) is 5.75 Å². The van der Waals surface area contributed by atoms with Crippen molar-refractivity contribution < 1.29 is 9.53 Å². The summed E-state index contributed by atoms with van der Waals surface area (Å²) < 4.78 is 5.93. The first-order valence-electron chi connectivity index (χ1n) is 7.99. The van der Waals surface area contributed by atoms with E-state index in [0.717, 1.165) is 44.6 Å². The van der Waals surface area contributed by atoms with Crippen molar-refractivity contribution in [3.63, 3.8) is 0 Å². The monoisotopic (exact) mass is 324 g/mol. The normalized spacial score (nSPS) is 15.9. The number of amides is 2. The van der Waals surface area contributed by atoms with Crippen LogP contribution in [0.4, 0.5) is 4.79 Å². The van der Waals surface area contributed by atoms with E-state index in [1.807, 2.05) is 29.2 Å². The Hall–Kier alpha value is -1.42. The first-order chi connectivity index (χ1) is 10.5. The number of nitrogens with zero attached hydrogens (tertiary/aromatic N) is 1. The fraction of sp³-hybridized carbons (Fsp3) is 0.588. The molecule has 0 aromatic heterocycles. The molecule has 0 spiro atoms. The molecule has 0 unspecified atom stereocenters. The lowest BCUT2D eigenvalue weighted by atomic mass is 10.1. The summed E-state index contributed by atoms with van der Waals surface area (Å²) in [6, 6.07) is 7.50. The van der Waals surface area contributed by atoms with Crippen molar-refractivity contribution in [3.8, 4) is 5.75 Å². The van der Waals surface area contributed by atoms with Crippen LogP contribution in [0.3, 0.4) is 0 Å². The van der Waals surface area contributed by atoms with Gasteiger partial charge in [-0.25, -0.2) is 4.79 Å². The number of hydrogen-bond acceptors (Lipinski definition) is 2. The Morgan fingerprint density at radius 3 is 2.77 bits per heavy atom. The zero-order chi connectivity index (χ0) is 15.9. The fourth-order valence-corrected chi connectivity index (χ4v) is 2.67. The van der Waals surface area contributed by atoms with Gasteiger partial charge in [0.1, 0.15) is 11.9 Å². The summed E-state index contributed by atoms with van der Waals surface area (Å²) in [5, 5.41) is 3.66. The van der Waals surface area contributed by atoms with Crippen LogP contribution >= 0.6 is 11.6 Å². The summed E-state index contributed by atoms with van der Waals surface area (Å²) in [5.74, 6) is 1.41. The molecular weight excluding hydrogens is 300 g/mol. The molecule has 2 rings (SSSR count). The van der Waals surface area contributed by atoms with Crippen LogP contribution in [0.25, 0.3) is 0 Å². The number of benzene rings is 1. The molecule has 0 radical (unpaired) electrons. The Kier molecular flexibility index (Phi) is 6.37. The maximum atomic E-state index is 12.0. The summed E-state index contributed by atoms with van der Waals surface area (Å²) in [5.41, 5.74) is 0. The average Bonchev–Trinajstić information content (AvgIpc) is 2.47. The molecule has 4 nitrogen and oxygen atoms in total. The van der Waals surface area contributed by atoms with Crippen molar-refractivity contribution >= 4 is 17.6 Å². The Balaban J connectivity index is 1.72. The summed E-state index contributed by atoms with van der Waals surface area (Å²) in [6.07, 6.45) is 2.87. The molecular formula is C17H25ClN2O2. The third-order valence-electron chi connectivity index (χ3n) is 3.83. The molecule has 1 aliphatic heterocycles. The smallest absolute Gasteiger partial charge is 0.317 e. The van der Waals surface area contributed by atoms with Gasteiger partial charge in [0.15, 0.2) is 0 Å². The van der Waals surface area contributed by atoms with E-state index < -0.39 is 0 Å². The van der Waals surface area contributed by atoms with Crippen molar-refractivity contribution in [1.29, 1.82) is 0 Å². The first kappa shape index (κ1) is 16.9. The Morgan fingerprint density at radius 1 is 1.41 bits per heavy atom. The lowest BCUT2D eigenvalue weighted by Gasteiger charge is -2.32. The second kappa shape index (κ2) is 8.28. The highest BCUT2D eigenvalue weighted by Gasteiger charge is 2.23. The molecule has 0 bridgehead atoms. The van der Waals surface area contributed by atoms with E-state index in [1.54, 1.807) is 0 Å². The average molecular weight is 325 g/mol. The predicted octanol–water partition coefficient (Wildman–Crippen LogP) is 3.94. The molecule has 5 heteroatoms. The largest absolute Gasteiger partial charge is 0.490 e. The van der Waals surface area contributed by atoms with Crippen molar-refractivity contribution in [3.05, 3.63) is 29.3 Å². The molecule has 2 amide bonds. The minimum Gasteiger partial charge on any atom is -0.490 e. The fourth-order valence-electron chi connectivity index (χ4n) is 2.49. The quantitative estimate of drug-likeness (QED) is 0.891. The van der Waals surface area contributed by atoms with Crippen LogP contribution in [-0.2, 0) is 0 Å². The molecule has 1 saturated heterocycles. The molecule has 22 heavy (non-hydrogen) atoms. The second-order valence-corrected chi connectivity index (χ2v) is 6.61.